The molecule has 1 aliphatic rings. The van der Waals surface area contributed by atoms with Gasteiger partial charge in [-0.05, 0) is 17.7 Å². The van der Waals surface area contributed by atoms with Gasteiger partial charge in [-0.2, -0.15) is 0 Å². The van der Waals surface area contributed by atoms with Crippen LogP contribution in [-0.2, 0) is 11.2 Å². The van der Waals surface area contributed by atoms with Crippen LogP contribution in [0.2, 0.25) is 0 Å². The minimum Gasteiger partial charge on any atom is -0.486 e. The van der Waals surface area contributed by atoms with Crippen molar-refractivity contribution in [3.05, 3.63) is 22.2 Å². The van der Waals surface area contributed by atoms with E-state index in [1.165, 1.54) is 0 Å². The fraction of sp³-hybridized carbons (Fsp3) is 0.300. The average molecular weight is 257 g/mol. The van der Waals surface area contributed by atoms with Crippen molar-refractivity contribution in [2.75, 3.05) is 13.2 Å². The van der Waals surface area contributed by atoms with Crippen molar-refractivity contribution < 1.29 is 14.3 Å². The first-order chi connectivity index (χ1) is 6.81. The Morgan fingerprint density at radius 2 is 1.93 bits per heavy atom. The zero-order valence-electron chi connectivity index (χ0n) is 7.46. The van der Waals surface area contributed by atoms with Crippen molar-refractivity contribution in [2.45, 2.75) is 6.42 Å². The maximum Gasteiger partial charge on any atom is 0.162 e. The van der Waals surface area contributed by atoms with Crippen LogP contribution in [0.3, 0.4) is 0 Å². The van der Waals surface area contributed by atoms with Gasteiger partial charge in [0.05, 0.1) is 0 Å². The molecule has 0 unspecified atom stereocenters. The third kappa shape index (κ3) is 1.75. The summed E-state index contributed by atoms with van der Waals surface area (Å²) in [6.07, 6.45) is 1.26. The summed E-state index contributed by atoms with van der Waals surface area (Å²) < 4.78 is 11.7. The zero-order chi connectivity index (χ0) is 9.97. The molecule has 0 aliphatic carbocycles. The van der Waals surface area contributed by atoms with Gasteiger partial charge in [0.2, 0.25) is 0 Å². The van der Waals surface area contributed by atoms with E-state index in [4.69, 9.17) is 9.47 Å². The first kappa shape index (κ1) is 9.52. The second kappa shape index (κ2) is 4.00. The van der Waals surface area contributed by atoms with Gasteiger partial charge in [0.25, 0.3) is 0 Å². The molecule has 1 aromatic carbocycles. The minimum absolute atomic E-state index is 0.386. The molecule has 0 fully saturated rings. The third-order valence-electron chi connectivity index (χ3n) is 2.01. The van der Waals surface area contributed by atoms with E-state index in [0.717, 1.165) is 27.8 Å². The standard InChI is InChI=1S/C10H9BrO3/c11-8-6-10-9(13-3-4-14-10)5-7(8)1-2-12/h2,5-6H,1,3-4H2. The van der Waals surface area contributed by atoms with Crippen LogP contribution in [0.1, 0.15) is 5.56 Å². The van der Waals surface area contributed by atoms with Gasteiger partial charge in [-0.3, -0.25) is 0 Å². The lowest BCUT2D eigenvalue weighted by atomic mass is 10.1. The number of ether oxygens (including phenoxy) is 2. The van der Waals surface area contributed by atoms with Crippen LogP contribution in [0, 0.1) is 0 Å². The van der Waals surface area contributed by atoms with E-state index in [-0.39, 0.29) is 0 Å². The van der Waals surface area contributed by atoms with Crippen LogP contribution in [0.4, 0.5) is 0 Å². The molecule has 0 spiro atoms. The van der Waals surface area contributed by atoms with E-state index in [1.54, 1.807) is 0 Å². The van der Waals surface area contributed by atoms with Gasteiger partial charge >= 0.3 is 0 Å². The summed E-state index contributed by atoms with van der Waals surface area (Å²) in [5, 5.41) is 0. The molecule has 0 amide bonds. The second-order valence-corrected chi connectivity index (χ2v) is 3.81. The van der Waals surface area contributed by atoms with E-state index in [2.05, 4.69) is 15.9 Å². The zero-order valence-corrected chi connectivity index (χ0v) is 9.04. The number of aldehydes is 1. The minimum atomic E-state index is 0.386. The molecular formula is C10H9BrO3. The Kier molecular flexibility index (Phi) is 2.72. The maximum absolute atomic E-state index is 10.4. The Labute approximate surface area is 90.1 Å². The molecule has 14 heavy (non-hydrogen) atoms. The molecule has 0 atom stereocenters. The van der Waals surface area contributed by atoms with E-state index in [1.807, 2.05) is 12.1 Å². The quantitative estimate of drug-likeness (QED) is 0.760. The Hall–Kier alpha value is -1.03. The number of carbonyl (C=O) groups is 1. The third-order valence-corrected chi connectivity index (χ3v) is 2.75. The lowest BCUT2D eigenvalue weighted by Gasteiger charge is -2.19. The van der Waals surface area contributed by atoms with Gasteiger partial charge in [0.1, 0.15) is 19.5 Å². The van der Waals surface area contributed by atoms with Gasteiger partial charge in [0, 0.05) is 10.9 Å². The van der Waals surface area contributed by atoms with Crippen molar-refractivity contribution in [2.24, 2.45) is 0 Å². The highest BCUT2D eigenvalue weighted by atomic mass is 79.9. The molecule has 0 aromatic heterocycles. The molecule has 0 radical (unpaired) electrons. The lowest BCUT2D eigenvalue weighted by Crippen LogP contribution is -2.15. The van der Waals surface area contributed by atoms with E-state index < -0.39 is 0 Å². The largest absolute Gasteiger partial charge is 0.486 e. The smallest absolute Gasteiger partial charge is 0.162 e. The maximum atomic E-state index is 10.4. The Morgan fingerprint density at radius 3 is 2.57 bits per heavy atom. The van der Waals surface area contributed by atoms with Crippen molar-refractivity contribution in [3.63, 3.8) is 0 Å². The van der Waals surface area contributed by atoms with Gasteiger partial charge in [0.15, 0.2) is 11.5 Å². The van der Waals surface area contributed by atoms with Crippen molar-refractivity contribution >= 4 is 22.2 Å². The Balaban J connectivity index is 2.40. The normalized spacial score (nSPS) is 13.8. The predicted octanol–water partition coefficient (Wildman–Crippen LogP) is 1.96. The Morgan fingerprint density at radius 1 is 1.29 bits per heavy atom. The van der Waals surface area contributed by atoms with Gasteiger partial charge in [-0.1, -0.05) is 15.9 Å². The summed E-state index contributed by atoms with van der Waals surface area (Å²) in [7, 11) is 0. The van der Waals surface area contributed by atoms with Crippen LogP contribution >= 0.6 is 15.9 Å². The molecule has 3 nitrogen and oxygen atoms in total. The Bertz CT molecular complexity index is 363. The summed E-state index contributed by atoms with van der Waals surface area (Å²) in [6.45, 7) is 1.14. The highest BCUT2D eigenvalue weighted by Crippen LogP contribution is 2.35. The highest BCUT2D eigenvalue weighted by molar-refractivity contribution is 9.10. The number of carbonyl (C=O) groups excluding carboxylic acids is 1. The number of fused-ring (bicyclic) bond motifs is 1. The fourth-order valence-electron chi connectivity index (χ4n) is 1.35. The number of hydrogen-bond donors (Lipinski definition) is 0. The summed E-state index contributed by atoms with van der Waals surface area (Å²) >= 11 is 3.38. The molecule has 1 heterocycles. The number of benzene rings is 1. The van der Waals surface area contributed by atoms with Crippen molar-refractivity contribution in [1.29, 1.82) is 0 Å². The van der Waals surface area contributed by atoms with Crippen LogP contribution in [0.25, 0.3) is 0 Å². The highest BCUT2D eigenvalue weighted by Gasteiger charge is 2.14. The van der Waals surface area contributed by atoms with Crippen molar-refractivity contribution in [1.82, 2.24) is 0 Å². The summed E-state index contributed by atoms with van der Waals surface area (Å²) in [5.41, 5.74) is 0.921. The lowest BCUT2D eigenvalue weighted by molar-refractivity contribution is -0.107. The molecule has 0 saturated carbocycles. The molecular weight excluding hydrogens is 248 g/mol. The van der Waals surface area contributed by atoms with E-state index >= 15 is 0 Å². The monoisotopic (exact) mass is 256 g/mol. The van der Waals surface area contributed by atoms with Crippen LogP contribution in [0.15, 0.2) is 16.6 Å². The number of rotatable bonds is 2. The SMILES string of the molecule is O=CCc1cc2c(cc1Br)OCCO2. The van der Waals surface area contributed by atoms with E-state index in [0.29, 0.717) is 19.6 Å². The topological polar surface area (TPSA) is 35.5 Å². The van der Waals surface area contributed by atoms with Crippen LogP contribution < -0.4 is 9.47 Å². The van der Waals surface area contributed by atoms with Gasteiger partial charge in [-0.25, -0.2) is 0 Å². The molecule has 2 rings (SSSR count). The van der Waals surface area contributed by atoms with Gasteiger partial charge in [-0.15, -0.1) is 0 Å². The fourth-order valence-corrected chi connectivity index (χ4v) is 1.84. The summed E-state index contributed by atoms with van der Waals surface area (Å²) in [6, 6.07) is 3.68. The molecule has 74 valence electrons. The first-order valence-electron chi connectivity index (χ1n) is 4.33. The molecule has 1 aliphatic heterocycles. The van der Waals surface area contributed by atoms with E-state index in [9.17, 15) is 4.79 Å². The number of hydrogen-bond acceptors (Lipinski definition) is 3. The van der Waals surface area contributed by atoms with Gasteiger partial charge < -0.3 is 14.3 Å². The molecule has 0 bridgehead atoms. The van der Waals surface area contributed by atoms with Crippen molar-refractivity contribution in [3.8, 4) is 11.5 Å². The van der Waals surface area contributed by atoms with Crippen LogP contribution in [0.5, 0.6) is 11.5 Å². The second-order valence-electron chi connectivity index (χ2n) is 2.96. The van der Waals surface area contributed by atoms with Crippen LogP contribution in [-0.4, -0.2) is 19.5 Å². The summed E-state index contributed by atoms with van der Waals surface area (Å²) in [5.74, 6) is 1.45. The summed E-state index contributed by atoms with van der Waals surface area (Å²) in [4.78, 5) is 10.4. The molecule has 4 heteroatoms. The first-order valence-corrected chi connectivity index (χ1v) is 5.12. The average Bonchev–Trinajstić information content (AvgIpc) is 2.19. The molecule has 0 saturated heterocycles. The number of halogens is 1. The molecule has 0 N–H and O–H groups in total. The predicted molar refractivity (Wildman–Crippen MR) is 54.9 cm³/mol. The molecule has 1 aromatic rings.